The molecule has 1 aromatic carbocycles. The number of piperazine rings is 1. The number of amides is 3. The molecular formula is C13H13BrFN3O2. The van der Waals surface area contributed by atoms with Crippen molar-refractivity contribution in [1.29, 1.82) is 0 Å². The Morgan fingerprint density at radius 3 is 3.00 bits per heavy atom. The zero-order valence-electron chi connectivity index (χ0n) is 10.6. The van der Waals surface area contributed by atoms with E-state index in [1.54, 1.807) is 15.9 Å². The third kappa shape index (κ3) is 2.26. The molecule has 0 saturated carbocycles. The van der Waals surface area contributed by atoms with E-state index in [1.165, 1.54) is 12.1 Å². The number of fused-ring (bicyclic) bond motifs is 1. The van der Waals surface area contributed by atoms with E-state index in [2.05, 4.69) is 21.2 Å². The molecule has 1 unspecified atom stereocenters. The summed E-state index contributed by atoms with van der Waals surface area (Å²) in [6, 6.07) is 4.21. The molecule has 2 aliphatic rings. The molecule has 1 N–H and O–H groups in total. The minimum Gasteiger partial charge on any atom is -0.336 e. The maximum Gasteiger partial charge on any atom is 0.317 e. The first-order valence-corrected chi connectivity index (χ1v) is 7.14. The highest BCUT2D eigenvalue weighted by Crippen LogP contribution is 2.20. The topological polar surface area (TPSA) is 52.7 Å². The average molecular weight is 342 g/mol. The Morgan fingerprint density at radius 1 is 1.40 bits per heavy atom. The van der Waals surface area contributed by atoms with E-state index >= 15 is 0 Å². The van der Waals surface area contributed by atoms with Crippen LogP contribution in [0.5, 0.6) is 0 Å². The molecule has 1 aromatic rings. The van der Waals surface area contributed by atoms with Crippen LogP contribution in [0, 0.1) is 5.82 Å². The summed E-state index contributed by atoms with van der Waals surface area (Å²) in [5, 5.41) is 2.75. The van der Waals surface area contributed by atoms with Crippen molar-refractivity contribution in [2.75, 3.05) is 26.2 Å². The molecule has 2 heterocycles. The Balaban J connectivity index is 1.78. The molecule has 20 heavy (non-hydrogen) atoms. The van der Waals surface area contributed by atoms with Crippen LogP contribution in [-0.4, -0.2) is 54.0 Å². The molecule has 1 atom stereocenters. The van der Waals surface area contributed by atoms with Gasteiger partial charge in [0.1, 0.15) is 5.82 Å². The molecule has 7 heteroatoms. The van der Waals surface area contributed by atoms with E-state index in [9.17, 15) is 14.0 Å². The van der Waals surface area contributed by atoms with Crippen molar-refractivity contribution in [3.8, 4) is 0 Å². The second-order valence-electron chi connectivity index (χ2n) is 4.91. The highest BCUT2D eigenvalue weighted by atomic mass is 79.9. The number of nitrogens with one attached hydrogen (secondary N) is 1. The third-order valence-corrected chi connectivity index (χ3v) is 4.17. The lowest BCUT2D eigenvalue weighted by Crippen LogP contribution is -2.53. The first-order valence-electron chi connectivity index (χ1n) is 6.35. The largest absolute Gasteiger partial charge is 0.336 e. The fraction of sp³-hybridized carbons (Fsp3) is 0.385. The number of nitrogens with zero attached hydrogens (tertiary/aromatic N) is 2. The van der Waals surface area contributed by atoms with Crippen molar-refractivity contribution < 1.29 is 14.0 Å². The van der Waals surface area contributed by atoms with Gasteiger partial charge in [0, 0.05) is 30.7 Å². The molecule has 0 bridgehead atoms. The zero-order chi connectivity index (χ0) is 14.3. The fourth-order valence-electron chi connectivity index (χ4n) is 2.62. The van der Waals surface area contributed by atoms with Gasteiger partial charge in [-0.3, -0.25) is 4.79 Å². The van der Waals surface area contributed by atoms with Crippen LogP contribution >= 0.6 is 15.9 Å². The summed E-state index contributed by atoms with van der Waals surface area (Å²) in [5.74, 6) is -0.857. The SMILES string of the molecule is O=C(c1cc(Br)ccc1F)N1CCN2C(=O)NCC2C1. The van der Waals surface area contributed by atoms with Gasteiger partial charge < -0.3 is 15.1 Å². The lowest BCUT2D eigenvalue weighted by molar-refractivity contribution is 0.0612. The molecule has 0 radical (unpaired) electrons. The Hall–Kier alpha value is -1.63. The predicted molar refractivity (Wildman–Crippen MR) is 73.9 cm³/mol. The summed E-state index contributed by atoms with van der Waals surface area (Å²) < 4.78 is 14.4. The second-order valence-corrected chi connectivity index (χ2v) is 5.82. The van der Waals surface area contributed by atoms with Crippen LogP contribution in [0.3, 0.4) is 0 Å². The number of hydrogen-bond acceptors (Lipinski definition) is 2. The third-order valence-electron chi connectivity index (χ3n) is 3.68. The quantitative estimate of drug-likeness (QED) is 0.840. The molecule has 0 spiro atoms. The molecule has 3 rings (SSSR count). The first-order chi connectivity index (χ1) is 9.56. The van der Waals surface area contributed by atoms with E-state index in [-0.39, 0.29) is 23.5 Å². The van der Waals surface area contributed by atoms with Gasteiger partial charge in [0.2, 0.25) is 0 Å². The number of urea groups is 1. The van der Waals surface area contributed by atoms with Crippen molar-refractivity contribution in [2.45, 2.75) is 6.04 Å². The molecule has 2 saturated heterocycles. The van der Waals surface area contributed by atoms with Crippen LogP contribution in [0.2, 0.25) is 0 Å². The molecule has 2 aliphatic heterocycles. The van der Waals surface area contributed by atoms with Gasteiger partial charge >= 0.3 is 6.03 Å². The number of rotatable bonds is 1. The van der Waals surface area contributed by atoms with Crippen LogP contribution in [0.25, 0.3) is 0 Å². The fourth-order valence-corrected chi connectivity index (χ4v) is 2.98. The van der Waals surface area contributed by atoms with Crippen molar-refractivity contribution in [2.24, 2.45) is 0 Å². The number of carbonyl (C=O) groups excluding carboxylic acids is 2. The van der Waals surface area contributed by atoms with Crippen LogP contribution in [0.4, 0.5) is 9.18 Å². The smallest absolute Gasteiger partial charge is 0.317 e. The average Bonchev–Trinajstić information content (AvgIpc) is 2.82. The van der Waals surface area contributed by atoms with Gasteiger partial charge in [-0.1, -0.05) is 15.9 Å². The molecule has 5 nitrogen and oxygen atoms in total. The molecule has 0 aromatic heterocycles. The first kappa shape index (κ1) is 13.4. The summed E-state index contributed by atoms with van der Waals surface area (Å²) in [7, 11) is 0. The van der Waals surface area contributed by atoms with Gasteiger partial charge in [-0.2, -0.15) is 0 Å². The van der Waals surface area contributed by atoms with Gasteiger partial charge in [0.15, 0.2) is 0 Å². The van der Waals surface area contributed by atoms with Crippen LogP contribution in [0.15, 0.2) is 22.7 Å². The summed E-state index contributed by atoms with van der Waals surface area (Å²) in [4.78, 5) is 27.2. The van der Waals surface area contributed by atoms with E-state index in [0.29, 0.717) is 30.7 Å². The Bertz CT molecular complexity index is 581. The van der Waals surface area contributed by atoms with Crippen molar-refractivity contribution in [3.63, 3.8) is 0 Å². The van der Waals surface area contributed by atoms with E-state index in [0.717, 1.165) is 0 Å². The van der Waals surface area contributed by atoms with Gasteiger partial charge in [-0.15, -0.1) is 0 Å². The van der Waals surface area contributed by atoms with Gasteiger partial charge in [-0.25, -0.2) is 9.18 Å². The second kappa shape index (κ2) is 5.05. The maximum absolute atomic E-state index is 13.8. The van der Waals surface area contributed by atoms with Crippen LogP contribution in [0.1, 0.15) is 10.4 Å². The minimum atomic E-state index is -0.527. The van der Waals surface area contributed by atoms with Gasteiger partial charge in [-0.05, 0) is 18.2 Å². The Labute approximate surface area is 123 Å². The normalized spacial score (nSPS) is 21.7. The highest BCUT2D eigenvalue weighted by molar-refractivity contribution is 9.10. The van der Waals surface area contributed by atoms with Crippen molar-refractivity contribution in [3.05, 3.63) is 34.1 Å². The summed E-state index contributed by atoms with van der Waals surface area (Å²) in [5.41, 5.74) is 0.0603. The van der Waals surface area contributed by atoms with Crippen molar-refractivity contribution in [1.82, 2.24) is 15.1 Å². The lowest BCUT2D eigenvalue weighted by Gasteiger charge is -2.36. The van der Waals surface area contributed by atoms with Crippen LogP contribution < -0.4 is 5.32 Å². The highest BCUT2D eigenvalue weighted by Gasteiger charge is 2.37. The Kier molecular flexibility index (Phi) is 3.37. The van der Waals surface area contributed by atoms with Crippen LogP contribution in [-0.2, 0) is 0 Å². The molecule has 106 valence electrons. The summed E-state index contributed by atoms with van der Waals surface area (Å²) >= 11 is 3.24. The number of hydrogen-bond donors (Lipinski definition) is 1. The van der Waals surface area contributed by atoms with E-state index in [4.69, 9.17) is 0 Å². The number of carbonyl (C=O) groups is 2. The monoisotopic (exact) mass is 341 g/mol. The molecule has 0 aliphatic carbocycles. The standard InChI is InChI=1S/C13H13BrFN3O2/c14-8-1-2-11(15)10(5-8)12(19)17-3-4-18-9(7-17)6-16-13(18)20/h1-2,5,9H,3-4,6-7H2,(H,16,20). The van der Waals surface area contributed by atoms with Crippen molar-refractivity contribution >= 4 is 27.9 Å². The summed E-state index contributed by atoms with van der Waals surface area (Å²) in [6.45, 7) is 1.87. The zero-order valence-corrected chi connectivity index (χ0v) is 12.2. The summed E-state index contributed by atoms with van der Waals surface area (Å²) in [6.07, 6.45) is 0. The Morgan fingerprint density at radius 2 is 2.20 bits per heavy atom. The lowest BCUT2D eigenvalue weighted by atomic mass is 10.1. The van der Waals surface area contributed by atoms with E-state index in [1.807, 2.05) is 0 Å². The maximum atomic E-state index is 13.8. The minimum absolute atomic E-state index is 0.0181. The number of halogens is 2. The van der Waals surface area contributed by atoms with Gasteiger partial charge in [0.25, 0.3) is 5.91 Å². The van der Waals surface area contributed by atoms with Gasteiger partial charge in [0.05, 0.1) is 11.6 Å². The molecule has 2 fully saturated rings. The molecular weight excluding hydrogens is 329 g/mol. The predicted octanol–water partition coefficient (Wildman–Crippen LogP) is 1.44. The van der Waals surface area contributed by atoms with E-state index < -0.39 is 5.82 Å². The molecule has 3 amide bonds. The number of benzene rings is 1.